The minimum absolute atomic E-state index is 0.0786. The molecule has 0 spiro atoms. The summed E-state index contributed by atoms with van der Waals surface area (Å²) < 4.78 is 6.25. The molecule has 0 radical (unpaired) electrons. The van der Waals surface area contributed by atoms with Gasteiger partial charge in [0.1, 0.15) is 5.75 Å². The number of benzene rings is 2. The van der Waals surface area contributed by atoms with E-state index in [1.165, 1.54) is 18.4 Å². The zero-order valence-electron chi connectivity index (χ0n) is 18.1. The van der Waals surface area contributed by atoms with Crippen LogP contribution in [0.25, 0.3) is 0 Å². The van der Waals surface area contributed by atoms with Gasteiger partial charge in [-0.25, -0.2) is 5.48 Å². The summed E-state index contributed by atoms with van der Waals surface area (Å²) in [7, 11) is 0. The van der Waals surface area contributed by atoms with Gasteiger partial charge in [-0.15, -0.1) is 0 Å². The first-order valence-corrected chi connectivity index (χ1v) is 11.3. The zero-order chi connectivity index (χ0) is 22.1. The molecule has 7 heteroatoms. The maximum Gasteiger partial charge on any atom is 0.160 e. The molecule has 32 heavy (non-hydrogen) atoms. The van der Waals surface area contributed by atoms with Gasteiger partial charge in [0.2, 0.25) is 0 Å². The second-order valence-electron chi connectivity index (χ2n) is 8.46. The Labute approximate surface area is 192 Å². The predicted molar refractivity (Wildman–Crippen MR) is 125 cm³/mol. The van der Waals surface area contributed by atoms with Crippen molar-refractivity contribution < 1.29 is 9.57 Å². The molecule has 1 saturated carbocycles. The highest BCUT2D eigenvalue weighted by Gasteiger charge is 2.25. The molecule has 6 nitrogen and oxygen atoms in total. The Hall–Kier alpha value is -2.96. The average Bonchev–Trinajstić information content (AvgIpc) is 3.62. The van der Waals surface area contributed by atoms with E-state index in [-0.39, 0.29) is 6.04 Å². The van der Waals surface area contributed by atoms with E-state index in [0.29, 0.717) is 36.2 Å². The van der Waals surface area contributed by atoms with Crippen LogP contribution >= 0.6 is 11.6 Å². The quantitative estimate of drug-likeness (QED) is 0.553. The number of aliphatic imine (C=N–C) groups is 1. The average molecular weight is 449 g/mol. The zero-order valence-corrected chi connectivity index (χ0v) is 18.9. The first-order valence-electron chi connectivity index (χ1n) is 10.9. The van der Waals surface area contributed by atoms with E-state index >= 15 is 0 Å². The highest BCUT2D eigenvalue weighted by Crippen LogP contribution is 2.41. The number of nitrogens with zero attached hydrogens (tertiary/aromatic N) is 3. The lowest BCUT2D eigenvalue weighted by Gasteiger charge is -2.24. The van der Waals surface area contributed by atoms with Crippen LogP contribution in [0.1, 0.15) is 46.7 Å². The molecule has 2 aliphatic rings. The summed E-state index contributed by atoms with van der Waals surface area (Å²) in [6, 6.07) is 14.3. The fourth-order valence-corrected chi connectivity index (χ4v) is 4.26. The maximum atomic E-state index is 6.44. The molecule has 0 unspecified atom stereocenters. The van der Waals surface area contributed by atoms with E-state index in [1.54, 1.807) is 6.20 Å². The molecule has 2 aromatic carbocycles. The molecule has 0 saturated heterocycles. The minimum atomic E-state index is -0.0786. The van der Waals surface area contributed by atoms with Crippen molar-refractivity contribution in [2.24, 2.45) is 4.99 Å². The number of amidine groups is 1. The van der Waals surface area contributed by atoms with Crippen molar-refractivity contribution in [1.82, 2.24) is 15.7 Å². The van der Waals surface area contributed by atoms with Crippen molar-refractivity contribution in [3.05, 3.63) is 81.6 Å². The Kier molecular flexibility index (Phi) is 5.81. The van der Waals surface area contributed by atoms with Crippen molar-refractivity contribution in [2.75, 3.05) is 6.61 Å². The van der Waals surface area contributed by atoms with E-state index in [9.17, 15) is 0 Å². The Morgan fingerprint density at radius 2 is 2.03 bits per heavy atom. The monoisotopic (exact) mass is 448 g/mol. The molecule has 3 aromatic rings. The van der Waals surface area contributed by atoms with Gasteiger partial charge in [0.25, 0.3) is 0 Å². The van der Waals surface area contributed by atoms with Crippen molar-refractivity contribution in [3.63, 3.8) is 0 Å². The van der Waals surface area contributed by atoms with Gasteiger partial charge in [0, 0.05) is 5.02 Å². The maximum absolute atomic E-state index is 6.44. The Bertz CT molecular complexity index is 1180. The van der Waals surface area contributed by atoms with Crippen LogP contribution in [0.4, 0.5) is 0 Å². The normalized spacial score (nSPS) is 18.1. The molecular formula is C25H25ClN4O2. The van der Waals surface area contributed by atoms with Crippen molar-refractivity contribution in [1.29, 1.82) is 0 Å². The highest BCUT2D eigenvalue weighted by atomic mass is 35.5. The summed E-state index contributed by atoms with van der Waals surface area (Å²) in [5, 5.41) is 9.07. The number of aromatic nitrogens is 2. The topological polar surface area (TPSA) is 68.6 Å². The number of hydrogen-bond acceptors (Lipinski definition) is 6. The van der Waals surface area contributed by atoms with Gasteiger partial charge >= 0.3 is 0 Å². The Morgan fingerprint density at radius 3 is 2.84 bits per heavy atom. The molecule has 1 aliphatic heterocycles. The Morgan fingerprint density at radius 1 is 1.16 bits per heavy atom. The summed E-state index contributed by atoms with van der Waals surface area (Å²) in [5.41, 5.74) is 7.91. The van der Waals surface area contributed by atoms with Gasteiger partial charge in [-0.1, -0.05) is 35.9 Å². The van der Waals surface area contributed by atoms with Crippen LogP contribution in [0, 0.1) is 13.8 Å². The summed E-state index contributed by atoms with van der Waals surface area (Å²) in [6.07, 6.45) is 4.79. The largest absolute Gasteiger partial charge is 0.455 e. The summed E-state index contributed by atoms with van der Waals surface area (Å²) in [6.45, 7) is 4.37. The highest BCUT2D eigenvalue weighted by molar-refractivity contribution is 6.31. The van der Waals surface area contributed by atoms with Crippen LogP contribution in [-0.4, -0.2) is 28.7 Å². The van der Waals surface area contributed by atoms with Gasteiger partial charge in [-0.3, -0.25) is 9.83 Å². The second kappa shape index (κ2) is 8.88. The number of rotatable bonds is 6. The third kappa shape index (κ3) is 4.61. The van der Waals surface area contributed by atoms with Crippen molar-refractivity contribution in [2.45, 2.75) is 45.1 Å². The fraction of sp³-hybridized carbons (Fsp3) is 0.320. The fourth-order valence-electron chi connectivity index (χ4n) is 3.95. The second-order valence-corrected chi connectivity index (χ2v) is 8.87. The molecule has 1 aromatic heterocycles. The first kappa shape index (κ1) is 20.9. The lowest BCUT2D eigenvalue weighted by molar-refractivity contribution is 0.0623. The molecule has 5 rings (SSSR count). The van der Waals surface area contributed by atoms with E-state index in [2.05, 4.69) is 39.9 Å². The lowest BCUT2D eigenvalue weighted by atomic mass is 10.0. The van der Waals surface area contributed by atoms with Crippen molar-refractivity contribution >= 4 is 17.4 Å². The van der Waals surface area contributed by atoms with E-state index in [1.807, 2.05) is 32.0 Å². The molecule has 1 atom stereocenters. The van der Waals surface area contributed by atoms with Crippen LogP contribution in [0.2, 0.25) is 5.02 Å². The lowest BCUT2D eigenvalue weighted by Crippen LogP contribution is -2.37. The van der Waals surface area contributed by atoms with E-state index in [0.717, 1.165) is 27.5 Å². The molecule has 0 amide bonds. The molecule has 0 bridgehead atoms. The van der Waals surface area contributed by atoms with Crippen LogP contribution in [0.5, 0.6) is 11.5 Å². The van der Waals surface area contributed by atoms with Gasteiger partial charge in [-0.05, 0) is 73.9 Å². The van der Waals surface area contributed by atoms with Gasteiger partial charge in [-0.2, -0.15) is 10.2 Å². The molecule has 1 aliphatic carbocycles. The van der Waals surface area contributed by atoms with Crippen LogP contribution in [-0.2, 0) is 11.3 Å². The number of hydroxylamine groups is 1. The third-order valence-corrected chi connectivity index (χ3v) is 6.13. The third-order valence-electron chi connectivity index (χ3n) is 5.78. The standard InChI is InChI=1S/C25H25ClN4O2/c1-15-6-7-19(22(26)10-15)11-20-14-31-30-25(28-20)24-16(2)29-27-13-23(24)32-21-5-3-4-18(12-21)17-8-9-17/h3-7,10,12-13,17,20H,8-9,11,14H2,1-2H3,(H,28,30)/t20-/m1/s1. The van der Waals surface area contributed by atoms with Gasteiger partial charge < -0.3 is 4.74 Å². The molecule has 1 fully saturated rings. The predicted octanol–water partition coefficient (Wildman–Crippen LogP) is 5.31. The first-order chi connectivity index (χ1) is 15.6. The number of ether oxygens (including phenoxy) is 1. The van der Waals surface area contributed by atoms with Gasteiger partial charge in [0.15, 0.2) is 11.6 Å². The van der Waals surface area contributed by atoms with E-state index in [4.69, 9.17) is 26.2 Å². The number of nitrogens with one attached hydrogen (secondary N) is 1. The number of halogens is 1. The summed E-state index contributed by atoms with van der Waals surface area (Å²) in [5.74, 6) is 2.62. The molecule has 2 heterocycles. The molecule has 1 N–H and O–H groups in total. The van der Waals surface area contributed by atoms with E-state index < -0.39 is 0 Å². The minimum Gasteiger partial charge on any atom is -0.455 e. The van der Waals surface area contributed by atoms with Crippen LogP contribution in [0.15, 0.2) is 53.7 Å². The van der Waals surface area contributed by atoms with Crippen LogP contribution < -0.4 is 10.2 Å². The smallest absolute Gasteiger partial charge is 0.160 e. The SMILES string of the molecule is Cc1ccc(C[C@@H]2CONC(c3c(Oc4cccc(C5CC5)c4)cnnc3C)=N2)c(Cl)c1. The summed E-state index contributed by atoms with van der Waals surface area (Å²) >= 11 is 6.44. The number of aryl methyl sites for hydroxylation is 2. The van der Waals surface area contributed by atoms with Crippen molar-refractivity contribution in [3.8, 4) is 11.5 Å². The summed E-state index contributed by atoms with van der Waals surface area (Å²) in [4.78, 5) is 10.6. The van der Waals surface area contributed by atoms with Crippen LogP contribution in [0.3, 0.4) is 0 Å². The van der Waals surface area contributed by atoms with Gasteiger partial charge in [0.05, 0.1) is 30.1 Å². The molecule has 164 valence electrons. The molecular weight excluding hydrogens is 424 g/mol. The number of hydrogen-bond donors (Lipinski definition) is 1. The Balaban J connectivity index is 1.42.